The first-order valence-electron chi connectivity index (χ1n) is 48.5. The van der Waals surface area contributed by atoms with Crippen LogP contribution in [-0.4, -0.2) is 408 Å². The van der Waals surface area contributed by atoms with Gasteiger partial charge in [-0.2, -0.15) is 25.3 Å². The minimum atomic E-state index is -2.17. The van der Waals surface area contributed by atoms with Gasteiger partial charge in [0.1, 0.15) is 133 Å². The van der Waals surface area contributed by atoms with E-state index in [-0.39, 0.29) is 51.0 Å². The van der Waals surface area contributed by atoms with Gasteiger partial charge >= 0.3 is 11.9 Å². The van der Waals surface area contributed by atoms with Crippen molar-refractivity contribution in [3.63, 3.8) is 0 Å². The Morgan fingerprint density at radius 1 is 0.447 bits per heavy atom. The molecule has 3 fully saturated rings. The summed E-state index contributed by atoms with van der Waals surface area (Å²) >= 11 is 8.41. The Morgan fingerprint density at radius 2 is 0.840 bits per heavy atom. The van der Waals surface area contributed by atoms with Gasteiger partial charge in [0.2, 0.25) is 88.6 Å². The maximum Gasteiger partial charge on any atom is 0.326 e. The molecule has 28 atom stereocenters. The summed E-state index contributed by atoms with van der Waals surface area (Å²) in [6.45, 7) is 5.49. The molecule has 0 bridgehead atoms. The molecule has 32 N–H and O–H groups in total. The number of aliphatic hydroxyl groups is 11. The fourth-order valence-corrected chi connectivity index (χ4v) is 17.6. The molecule has 826 valence electrons. The van der Waals surface area contributed by atoms with E-state index < -0.39 is 334 Å². The highest BCUT2D eigenvalue weighted by molar-refractivity contribution is 7.80. The Morgan fingerprint density at radius 3 is 1.31 bits per heavy atom. The first-order valence-corrected chi connectivity index (χ1v) is 49.8. The molecule has 6 heterocycles. The van der Waals surface area contributed by atoms with Crippen LogP contribution in [0.3, 0.4) is 0 Å². The van der Waals surface area contributed by atoms with E-state index in [1.807, 2.05) is 29.6 Å². The van der Waals surface area contributed by atoms with Crippen LogP contribution >= 0.6 is 25.3 Å². The highest BCUT2D eigenvalue weighted by Crippen LogP contribution is 2.32. The summed E-state index contributed by atoms with van der Waals surface area (Å²) in [6.07, 6.45) is -19.0. The first kappa shape index (κ1) is 121. The van der Waals surface area contributed by atoms with Gasteiger partial charge in [-0.3, -0.25) is 76.7 Å². The quantitative estimate of drug-likeness (QED) is 0.0158. The van der Waals surface area contributed by atoms with Crippen LogP contribution in [0.15, 0.2) is 91.4 Å². The number of amides is 15. The molecule has 3 aromatic carbocycles. The number of carbonyl (C=O) groups is 17. The standard InChI is InChI=1S/C95H135N19O34S2/c1-40(2)26-57(102-83(133)60(33-115)105-78(128)52(96)27-46-30-97-53-19-12-9-16-49(46)53)80(130)103-59(29-48-32-99-55-21-14-11-18-51(48)55)81(131)106-63(36-118)85(135)112-70(43(6)120)90(140)104-58(28-47-31-98-54-20-13-10-17-50(47)54)79(129)100-42(5)92(142)114-25-15-22-66(114)88(138)109-64(38-149)86(136)108-62(35-117)84(134)111-69(41(3)4)89(139)113-71(91(141)110-65(39-150)87(137)107-61(34-116)82(132)101-56(93(143)144)23-24-68(121)122)44(7)145-94-76(127)74(125)77(45(8)146-94)148-95-75(126)73(124)72(123)67(37-119)147-95/h9-14,16-21,30-32,40-45,52,56-67,69-77,94-95,97-99,115-120,123-127,149-150H,15,22-29,33-39,96H2,1-8H3,(H,100,129)(H,101,132)(H,102,133)(H,103,130)(H,104,140)(H,105,128)(H,106,131)(H,107,137)(H,108,136)(H,109,138)(H,110,141)(H,111,134)(H,112,135)(H,113,139)(H,121,122)(H,143,144)/t42-,43+,44+,45+,52-,56-,57-,58-,59-,60-,61-,62-,63-,64-,65-,66-,67+,69-,70-,71-,72+,73-,74+,75+,76+,77-,94?,95?/m0/s1. The number of rotatable bonds is 55. The number of H-pyrrole nitrogens is 3. The van der Waals surface area contributed by atoms with E-state index in [1.54, 1.807) is 81.0 Å². The smallest absolute Gasteiger partial charge is 0.326 e. The second-order valence-electron chi connectivity index (χ2n) is 37.6. The number of carboxylic acid groups (broad SMARTS) is 2. The number of carbonyl (C=O) groups excluding carboxylic acids is 15. The zero-order valence-electron chi connectivity index (χ0n) is 83.1. The summed E-state index contributed by atoms with van der Waals surface area (Å²) < 4.78 is 22.9. The molecule has 15 amide bonds. The van der Waals surface area contributed by atoms with Gasteiger partial charge in [-0.15, -0.1) is 0 Å². The number of aliphatic carboxylic acids is 2. The van der Waals surface area contributed by atoms with Crippen LogP contribution in [0.4, 0.5) is 0 Å². The maximum atomic E-state index is 14.9. The lowest BCUT2D eigenvalue weighted by Gasteiger charge is -2.46. The van der Waals surface area contributed by atoms with E-state index in [0.29, 0.717) is 38.5 Å². The predicted molar refractivity (Wildman–Crippen MR) is 533 cm³/mol. The van der Waals surface area contributed by atoms with Crippen molar-refractivity contribution in [2.45, 2.75) is 277 Å². The van der Waals surface area contributed by atoms with E-state index in [0.717, 1.165) is 29.7 Å². The van der Waals surface area contributed by atoms with Crippen LogP contribution in [0.2, 0.25) is 0 Å². The van der Waals surface area contributed by atoms with E-state index in [9.17, 15) is 143 Å². The molecule has 0 saturated carbocycles. The van der Waals surface area contributed by atoms with Crippen LogP contribution in [0.1, 0.15) is 104 Å². The number of nitrogens with one attached hydrogen (secondary N) is 17. The Bertz CT molecular complexity index is 5700. The highest BCUT2D eigenvalue weighted by atomic mass is 32.1. The summed E-state index contributed by atoms with van der Waals surface area (Å²) in [6, 6.07) is -6.53. The molecular formula is C95H135N19O34S2. The second kappa shape index (κ2) is 56.4. The number of aliphatic hydroxyl groups excluding tert-OH is 11. The summed E-state index contributed by atoms with van der Waals surface area (Å²) in [7, 11) is 0. The highest BCUT2D eigenvalue weighted by Gasteiger charge is 2.52. The SMILES string of the molecule is CC(C)C[C@H](NC(=O)[C@H](CO)NC(=O)[C@@H](N)Cc1c[nH]c2ccccc12)C(=O)N[C@@H](Cc1c[nH]c2ccccc12)C(=O)N[C@@H](CO)C(=O)N[C@H](C(=O)N[C@@H](Cc1c[nH]c2ccccc12)C(=O)N[C@@H](C)C(=O)N1CCC[C@H]1C(=O)N[C@@H](CS)C(=O)N[C@@H](CO)C(=O)N[C@H](C(=O)N[C@H](C(=O)N[C@@H](CS)C(=O)N[C@@H](CO)C(=O)N[C@@H](CCC(=O)O)C(=O)O)[C@@H](C)OC1O[C@H](C)[C@H](OC2O[C@H](CO)[C@@H](O)[C@H](O)[C@H]2O)[C@H](O)[C@H]1O)C(C)C)[C@@H](C)O. The van der Waals surface area contributed by atoms with Crippen LogP contribution in [0.5, 0.6) is 0 Å². The topological polar surface area (TPSA) is 835 Å². The fraction of sp³-hybridized carbons (Fsp3) is 0.568. The Hall–Kier alpha value is -12.7. The van der Waals surface area contributed by atoms with E-state index in [4.69, 9.17) is 29.8 Å². The minimum Gasteiger partial charge on any atom is -0.481 e. The lowest BCUT2D eigenvalue weighted by molar-refractivity contribution is -0.358. The molecule has 0 radical (unpaired) electrons. The zero-order chi connectivity index (χ0) is 111. The number of thiol groups is 2. The van der Waals surface area contributed by atoms with Crippen molar-refractivity contribution in [3.8, 4) is 0 Å². The van der Waals surface area contributed by atoms with Crippen LogP contribution in [0.25, 0.3) is 32.7 Å². The minimum absolute atomic E-state index is 0.0375. The fourth-order valence-electron chi connectivity index (χ4n) is 17.1. The van der Waals surface area contributed by atoms with Crippen LogP contribution < -0.4 is 80.2 Å². The predicted octanol–water partition coefficient (Wildman–Crippen LogP) is -9.80. The average molecular weight is 2150 g/mol. The van der Waals surface area contributed by atoms with Gasteiger partial charge in [0.25, 0.3) is 0 Å². The number of nitrogens with zero attached hydrogens (tertiary/aromatic N) is 1. The molecule has 3 saturated heterocycles. The average Bonchev–Trinajstić information content (AvgIpc) is 1.10. The number of benzene rings is 3. The molecule has 53 nitrogen and oxygen atoms in total. The number of ether oxygens (including phenoxy) is 4. The molecule has 9 rings (SSSR count). The van der Waals surface area contributed by atoms with Gasteiger partial charge in [0.15, 0.2) is 12.6 Å². The number of aromatic nitrogens is 3. The van der Waals surface area contributed by atoms with Gasteiger partial charge in [-0.05, 0) is 107 Å². The Balaban J connectivity index is 0.851. The molecule has 0 aliphatic carbocycles. The van der Waals surface area contributed by atoms with Crippen LogP contribution in [0, 0.1) is 11.8 Å². The van der Waals surface area contributed by atoms with Crippen molar-refractivity contribution >= 4 is 159 Å². The monoisotopic (exact) mass is 2150 g/mol. The van der Waals surface area contributed by atoms with Crippen molar-refractivity contribution < 1.29 is 167 Å². The van der Waals surface area contributed by atoms with Gasteiger partial charge in [0, 0.05) is 88.6 Å². The lowest BCUT2D eigenvalue weighted by atomic mass is 9.97. The first-order chi connectivity index (χ1) is 71.1. The van der Waals surface area contributed by atoms with Gasteiger partial charge in [-0.1, -0.05) is 82.3 Å². The number of hydrogen-bond donors (Lipinski definition) is 33. The van der Waals surface area contributed by atoms with Gasteiger partial charge < -0.3 is 185 Å². The second-order valence-corrected chi connectivity index (χ2v) is 38.3. The number of carboxylic acids is 2. The third kappa shape index (κ3) is 32.0. The van der Waals surface area contributed by atoms with Crippen molar-refractivity contribution in [2.75, 3.05) is 51.1 Å². The molecule has 6 aromatic rings. The van der Waals surface area contributed by atoms with Gasteiger partial charge in [-0.25, -0.2) is 4.79 Å². The number of hydrogen-bond acceptors (Lipinski definition) is 35. The summed E-state index contributed by atoms with van der Waals surface area (Å²) in [5, 5.41) is 172. The third-order valence-corrected chi connectivity index (χ3v) is 26.3. The number of likely N-dealkylation sites (tertiary alicyclic amines) is 1. The van der Waals surface area contributed by atoms with Crippen molar-refractivity contribution in [1.29, 1.82) is 0 Å². The maximum absolute atomic E-state index is 14.9. The normalized spacial score (nSPS) is 22.2. The molecular weight excluding hydrogens is 2020 g/mol. The van der Waals surface area contributed by atoms with Crippen molar-refractivity contribution in [2.24, 2.45) is 17.6 Å². The summed E-state index contributed by atoms with van der Waals surface area (Å²) in [5.41, 5.74) is 9.94. The molecule has 3 aromatic heterocycles. The van der Waals surface area contributed by atoms with Crippen molar-refractivity contribution in [1.82, 2.24) is 94.3 Å². The van der Waals surface area contributed by atoms with Crippen LogP contribution in [-0.2, 0) is 120 Å². The molecule has 55 heteroatoms. The number of para-hydroxylation sites is 3. The third-order valence-electron chi connectivity index (χ3n) is 25.6. The largest absolute Gasteiger partial charge is 0.481 e. The molecule has 150 heavy (non-hydrogen) atoms. The number of fused-ring (bicyclic) bond motifs is 3. The van der Waals surface area contributed by atoms with Crippen molar-refractivity contribution in [3.05, 3.63) is 108 Å². The van der Waals surface area contributed by atoms with E-state index >= 15 is 0 Å². The molecule has 2 unspecified atom stereocenters. The molecule has 0 spiro atoms. The van der Waals surface area contributed by atoms with E-state index in [2.05, 4.69) is 109 Å². The molecule has 3 aliphatic heterocycles. The Kier molecular flexibility index (Phi) is 45.5. The number of nitrogens with two attached hydrogens (primary N) is 1. The zero-order valence-corrected chi connectivity index (χ0v) is 84.9. The Labute approximate surface area is 869 Å². The summed E-state index contributed by atoms with van der Waals surface area (Å²) in [5.74, 6) is -22.4. The van der Waals surface area contributed by atoms with E-state index in [1.165, 1.54) is 27.7 Å². The lowest BCUT2D eigenvalue weighted by Crippen LogP contribution is -2.65. The van der Waals surface area contributed by atoms with Gasteiger partial charge in [0.05, 0.1) is 57.4 Å². The molecule has 3 aliphatic rings. The number of aromatic amines is 3. The summed E-state index contributed by atoms with van der Waals surface area (Å²) in [4.78, 5) is 249.